The van der Waals surface area contributed by atoms with Crippen LogP contribution in [0.15, 0.2) is 60.7 Å². The Morgan fingerprint density at radius 2 is 1.18 bits per heavy atom. The summed E-state index contributed by atoms with van der Waals surface area (Å²) in [7, 11) is 0. The fourth-order valence-electron chi connectivity index (χ4n) is 2.37. The summed E-state index contributed by atoms with van der Waals surface area (Å²) in [5.74, 6) is -0.284. The van der Waals surface area contributed by atoms with Crippen molar-refractivity contribution < 1.29 is 19.1 Å². The highest BCUT2D eigenvalue weighted by Gasteiger charge is 2.06. The highest BCUT2D eigenvalue weighted by atomic mass is 16.5. The summed E-state index contributed by atoms with van der Waals surface area (Å²) in [6.45, 7) is 1.82. The van der Waals surface area contributed by atoms with Gasteiger partial charge in [0, 0.05) is 19.0 Å². The minimum Gasteiger partial charge on any atom is -0.464 e. The summed E-state index contributed by atoms with van der Waals surface area (Å²) in [6.07, 6.45) is 0.621. The number of nitrogens with two attached hydrogens (primary N) is 3. The molecule has 2 aromatic carbocycles. The van der Waals surface area contributed by atoms with E-state index in [9.17, 15) is 9.59 Å². The number of carbonyl (C=O) groups excluding carboxylic acids is 2. The lowest BCUT2D eigenvalue weighted by molar-refractivity contribution is -0.141. The van der Waals surface area contributed by atoms with Gasteiger partial charge in [0.15, 0.2) is 0 Å². The number of carbonyl (C=O) groups is 2. The molecule has 0 saturated heterocycles. The van der Waals surface area contributed by atoms with Crippen LogP contribution in [0.3, 0.4) is 0 Å². The minimum absolute atomic E-state index is 0.124. The largest absolute Gasteiger partial charge is 0.464 e. The molecule has 152 valence electrons. The van der Waals surface area contributed by atoms with Gasteiger partial charge in [0.1, 0.15) is 13.2 Å². The van der Waals surface area contributed by atoms with Crippen LogP contribution in [0.4, 0.5) is 4.79 Å². The SMILES string of the molecule is CC(=O)OC[C@H](N)Cc1ccccc1.NC(=O)OC[C@@H](N)Cc1ccccc1. The standard InChI is InChI=1S/C11H15NO2.C10H14N2O2/c1-9(13)14-8-11(12)7-10-5-3-2-4-6-10;11-9(7-14-10(12)13)6-8-4-2-1-3-5-8/h2-6,11H,7-8,12H2,1H3;1-5,9H,6-7,11H2,(H2,12,13)/t11-;9-/m10/s1. The number of hydrogen-bond acceptors (Lipinski definition) is 6. The summed E-state index contributed by atoms with van der Waals surface area (Å²) < 4.78 is 9.40. The van der Waals surface area contributed by atoms with Crippen LogP contribution in [0, 0.1) is 0 Å². The molecule has 2 rings (SSSR count). The van der Waals surface area contributed by atoms with Crippen LogP contribution in [-0.4, -0.2) is 37.4 Å². The van der Waals surface area contributed by atoms with Gasteiger partial charge >= 0.3 is 12.1 Å². The zero-order valence-electron chi connectivity index (χ0n) is 16.1. The number of hydrogen-bond donors (Lipinski definition) is 3. The average Bonchev–Trinajstić information content (AvgIpc) is 2.67. The molecule has 0 fully saturated rings. The molecule has 0 aliphatic rings. The zero-order chi connectivity index (χ0) is 20.8. The molecule has 0 heterocycles. The Hall–Kier alpha value is -2.90. The lowest BCUT2D eigenvalue weighted by Crippen LogP contribution is -2.31. The minimum atomic E-state index is -0.784. The predicted molar refractivity (Wildman–Crippen MR) is 108 cm³/mol. The van der Waals surface area contributed by atoms with Crippen LogP contribution >= 0.6 is 0 Å². The fourth-order valence-corrected chi connectivity index (χ4v) is 2.37. The van der Waals surface area contributed by atoms with Crippen molar-refractivity contribution in [3.63, 3.8) is 0 Å². The highest BCUT2D eigenvalue weighted by molar-refractivity contribution is 5.65. The van der Waals surface area contributed by atoms with Gasteiger partial charge in [-0.2, -0.15) is 0 Å². The Kier molecular flexibility index (Phi) is 11.0. The molecule has 0 saturated carbocycles. The molecule has 0 aromatic heterocycles. The quantitative estimate of drug-likeness (QED) is 0.592. The van der Waals surface area contributed by atoms with Gasteiger partial charge in [-0.05, 0) is 24.0 Å². The van der Waals surface area contributed by atoms with Gasteiger partial charge in [0.2, 0.25) is 0 Å². The van der Waals surface area contributed by atoms with Gasteiger partial charge in [-0.3, -0.25) is 4.79 Å². The Labute approximate surface area is 165 Å². The first kappa shape index (κ1) is 23.1. The van der Waals surface area contributed by atoms with E-state index in [1.54, 1.807) is 0 Å². The molecule has 7 heteroatoms. The number of amides is 1. The second kappa shape index (κ2) is 13.3. The van der Waals surface area contributed by atoms with Crippen molar-refractivity contribution in [2.75, 3.05) is 13.2 Å². The Balaban J connectivity index is 0.000000280. The number of primary amides is 1. The van der Waals surface area contributed by atoms with Gasteiger partial charge in [-0.1, -0.05) is 60.7 Å². The smallest absolute Gasteiger partial charge is 0.404 e. The van der Waals surface area contributed by atoms with Gasteiger partial charge < -0.3 is 26.7 Å². The fraction of sp³-hybridized carbons (Fsp3) is 0.333. The van der Waals surface area contributed by atoms with Gasteiger partial charge in [0.05, 0.1) is 0 Å². The maximum Gasteiger partial charge on any atom is 0.404 e. The molecule has 0 unspecified atom stereocenters. The molecule has 1 amide bonds. The van der Waals surface area contributed by atoms with Crippen molar-refractivity contribution in [1.82, 2.24) is 0 Å². The van der Waals surface area contributed by atoms with Crippen LogP contribution < -0.4 is 17.2 Å². The van der Waals surface area contributed by atoms with E-state index in [0.717, 1.165) is 17.5 Å². The number of esters is 1. The molecule has 0 aliphatic carbocycles. The maximum absolute atomic E-state index is 10.5. The van der Waals surface area contributed by atoms with E-state index in [0.29, 0.717) is 6.42 Å². The van der Waals surface area contributed by atoms with E-state index < -0.39 is 6.09 Å². The maximum atomic E-state index is 10.5. The number of benzene rings is 2. The molecule has 0 radical (unpaired) electrons. The van der Waals surface area contributed by atoms with Gasteiger partial charge in [-0.15, -0.1) is 0 Å². The van der Waals surface area contributed by atoms with Crippen LogP contribution in [0.5, 0.6) is 0 Å². The first-order chi connectivity index (χ1) is 13.4. The van der Waals surface area contributed by atoms with Crippen molar-refractivity contribution in [2.24, 2.45) is 17.2 Å². The van der Waals surface area contributed by atoms with Crippen molar-refractivity contribution in [1.29, 1.82) is 0 Å². The Morgan fingerprint density at radius 3 is 1.54 bits per heavy atom. The van der Waals surface area contributed by atoms with Crippen molar-refractivity contribution >= 4 is 12.1 Å². The molecule has 0 aliphatic heterocycles. The highest BCUT2D eigenvalue weighted by Crippen LogP contribution is 2.02. The van der Waals surface area contributed by atoms with Crippen LogP contribution in [0.2, 0.25) is 0 Å². The first-order valence-corrected chi connectivity index (χ1v) is 9.01. The number of rotatable bonds is 8. The monoisotopic (exact) mass is 387 g/mol. The van der Waals surface area contributed by atoms with Crippen molar-refractivity contribution in [3.8, 4) is 0 Å². The first-order valence-electron chi connectivity index (χ1n) is 9.01. The normalized spacial score (nSPS) is 12.1. The van der Waals surface area contributed by atoms with E-state index in [1.165, 1.54) is 6.92 Å². The van der Waals surface area contributed by atoms with E-state index in [-0.39, 0.29) is 31.3 Å². The molecule has 28 heavy (non-hydrogen) atoms. The van der Waals surface area contributed by atoms with E-state index >= 15 is 0 Å². The molecule has 0 bridgehead atoms. The van der Waals surface area contributed by atoms with E-state index in [1.807, 2.05) is 60.7 Å². The van der Waals surface area contributed by atoms with Crippen molar-refractivity contribution in [3.05, 3.63) is 71.8 Å². The zero-order valence-corrected chi connectivity index (χ0v) is 16.1. The Bertz CT molecular complexity index is 634. The van der Waals surface area contributed by atoms with Gasteiger partial charge in [0.25, 0.3) is 0 Å². The predicted octanol–water partition coefficient (Wildman–Crippen LogP) is 1.77. The lowest BCUT2D eigenvalue weighted by atomic mass is 10.1. The topological polar surface area (TPSA) is 131 Å². The van der Waals surface area contributed by atoms with Crippen LogP contribution in [-0.2, 0) is 27.1 Å². The summed E-state index contributed by atoms with van der Waals surface area (Å²) >= 11 is 0. The van der Waals surface area contributed by atoms with Crippen molar-refractivity contribution in [2.45, 2.75) is 31.8 Å². The average molecular weight is 387 g/mol. The van der Waals surface area contributed by atoms with E-state index in [2.05, 4.69) is 4.74 Å². The summed E-state index contributed by atoms with van der Waals surface area (Å²) in [4.78, 5) is 20.8. The second-order valence-corrected chi connectivity index (χ2v) is 6.33. The second-order valence-electron chi connectivity index (χ2n) is 6.33. The molecule has 6 N–H and O–H groups in total. The van der Waals surface area contributed by atoms with Crippen LogP contribution in [0.25, 0.3) is 0 Å². The molecular formula is C21H29N3O4. The third-order valence-corrected chi connectivity index (χ3v) is 3.62. The molecule has 2 aromatic rings. The summed E-state index contributed by atoms with van der Waals surface area (Å²) in [6, 6.07) is 19.4. The van der Waals surface area contributed by atoms with Gasteiger partial charge in [-0.25, -0.2) is 4.79 Å². The van der Waals surface area contributed by atoms with Crippen LogP contribution in [0.1, 0.15) is 18.1 Å². The third-order valence-electron chi connectivity index (χ3n) is 3.62. The molecule has 0 spiro atoms. The Morgan fingerprint density at radius 1 is 0.786 bits per heavy atom. The molecule has 7 nitrogen and oxygen atoms in total. The molecular weight excluding hydrogens is 358 g/mol. The molecule has 2 atom stereocenters. The summed E-state index contributed by atoms with van der Waals surface area (Å²) in [5, 5.41) is 0. The summed E-state index contributed by atoms with van der Waals surface area (Å²) in [5.41, 5.74) is 18.6. The number of ether oxygens (including phenoxy) is 2. The van der Waals surface area contributed by atoms with E-state index in [4.69, 9.17) is 21.9 Å². The third kappa shape index (κ3) is 11.7. The lowest BCUT2D eigenvalue weighted by Gasteiger charge is -2.10.